The van der Waals surface area contributed by atoms with Crippen molar-refractivity contribution in [1.82, 2.24) is 20.9 Å². The molecule has 1 heterocycles. The van der Waals surface area contributed by atoms with Crippen molar-refractivity contribution in [3.05, 3.63) is 35.9 Å². The molecule has 54 heavy (non-hydrogen) atoms. The molecule has 0 bridgehead atoms. The van der Waals surface area contributed by atoms with E-state index in [4.69, 9.17) is 10.5 Å². The largest absolute Gasteiger partial charge is 0.460 e. The second-order valence-electron chi connectivity index (χ2n) is 15.7. The van der Waals surface area contributed by atoms with E-state index in [1.165, 1.54) is 49.8 Å². The van der Waals surface area contributed by atoms with Gasteiger partial charge in [0.05, 0.1) is 0 Å². The van der Waals surface area contributed by atoms with Gasteiger partial charge in [-0.3, -0.25) is 24.0 Å². The molecule has 3 aliphatic rings. The number of Topliss-reactive ketones (excluding diaryl/α,β-unsaturated/α-hetero) is 1. The molecule has 0 aromatic heterocycles. The zero-order valence-electron chi connectivity index (χ0n) is 34.5. The summed E-state index contributed by atoms with van der Waals surface area (Å²) in [7, 11) is 0. The van der Waals surface area contributed by atoms with Crippen LogP contribution in [0.25, 0.3) is 0 Å². The standard InChI is InChI=1S/C31H45N5O7.C6H12.C3H8.C2H6/c1-19-13-23(28(40)34-22(14-20-11-8-12-20)15-24(37)27(32)39)36(17-19)29(41)26(31(2,3)4)35-30(42)33-16-25(38)43-18-21-9-6-5-7-10-21;1-2-4-6-5-3-1;1-3-2;1-2/h5-7,9-10,19-20,22-23,26H,8,11-18H2,1-4H3,(H2,32,39)(H,34,40)(H2,33,35,42);1-6H2;3H2,1-2H3;1-2H3. The molecule has 0 radical (unpaired) electrons. The minimum absolute atomic E-state index is 0.0193. The summed E-state index contributed by atoms with van der Waals surface area (Å²) >= 11 is 0. The van der Waals surface area contributed by atoms with Gasteiger partial charge < -0.3 is 31.3 Å². The van der Waals surface area contributed by atoms with Crippen molar-refractivity contribution in [2.45, 2.75) is 164 Å². The zero-order chi connectivity index (χ0) is 40.7. The molecule has 2 saturated carbocycles. The normalized spacial score (nSPS) is 18.9. The first-order chi connectivity index (χ1) is 25.7. The minimum Gasteiger partial charge on any atom is -0.460 e. The van der Waals surface area contributed by atoms with Gasteiger partial charge in [0.2, 0.25) is 17.6 Å². The Labute approximate surface area is 324 Å². The number of urea groups is 1. The molecule has 1 aromatic carbocycles. The highest BCUT2D eigenvalue weighted by Crippen LogP contribution is 2.32. The van der Waals surface area contributed by atoms with Gasteiger partial charge in [-0.25, -0.2) is 4.79 Å². The number of hydrogen-bond donors (Lipinski definition) is 4. The Morgan fingerprint density at radius 3 is 1.93 bits per heavy atom. The van der Waals surface area contributed by atoms with Crippen LogP contribution in [-0.2, 0) is 35.3 Å². The van der Waals surface area contributed by atoms with Crippen molar-refractivity contribution in [2.24, 2.45) is 23.0 Å². The number of carbonyl (C=O) groups excluding carboxylic acids is 6. The molecule has 4 unspecified atom stereocenters. The van der Waals surface area contributed by atoms with E-state index in [9.17, 15) is 28.8 Å². The van der Waals surface area contributed by atoms with Crippen LogP contribution in [0.4, 0.5) is 4.79 Å². The molecule has 2 aliphatic carbocycles. The van der Waals surface area contributed by atoms with Crippen molar-refractivity contribution < 1.29 is 33.5 Å². The molecule has 3 fully saturated rings. The third-order valence-corrected chi connectivity index (χ3v) is 9.52. The lowest BCUT2D eigenvalue weighted by Crippen LogP contribution is -2.59. The van der Waals surface area contributed by atoms with Crippen LogP contribution < -0.4 is 21.7 Å². The number of ketones is 1. The zero-order valence-corrected chi connectivity index (χ0v) is 34.5. The van der Waals surface area contributed by atoms with Gasteiger partial charge >= 0.3 is 12.0 Å². The number of carbonyl (C=O) groups is 6. The molecule has 12 heteroatoms. The average Bonchev–Trinajstić information content (AvgIpc) is 3.53. The van der Waals surface area contributed by atoms with Crippen LogP contribution in [0.5, 0.6) is 0 Å². The highest BCUT2D eigenvalue weighted by atomic mass is 16.5. The fourth-order valence-corrected chi connectivity index (χ4v) is 6.48. The van der Waals surface area contributed by atoms with Crippen LogP contribution in [0.15, 0.2) is 30.3 Å². The summed E-state index contributed by atoms with van der Waals surface area (Å²) in [5.41, 5.74) is 5.25. The molecular weight excluding hydrogens is 686 g/mol. The molecule has 1 aromatic rings. The average molecular weight is 758 g/mol. The predicted octanol–water partition coefficient (Wildman–Crippen LogP) is 6.58. The van der Waals surface area contributed by atoms with Gasteiger partial charge in [-0.15, -0.1) is 0 Å². The van der Waals surface area contributed by atoms with Crippen molar-refractivity contribution in [3.63, 3.8) is 0 Å². The van der Waals surface area contributed by atoms with E-state index in [1.54, 1.807) is 20.8 Å². The van der Waals surface area contributed by atoms with Crippen LogP contribution in [-0.4, -0.2) is 71.6 Å². The number of rotatable bonds is 13. The van der Waals surface area contributed by atoms with Crippen molar-refractivity contribution in [3.8, 4) is 0 Å². The fraction of sp³-hybridized carbons (Fsp3) is 0.714. The van der Waals surface area contributed by atoms with Gasteiger partial charge in [-0.05, 0) is 35.7 Å². The number of likely N-dealkylation sites (tertiary alicyclic amines) is 1. The highest BCUT2D eigenvalue weighted by Gasteiger charge is 2.44. The van der Waals surface area contributed by atoms with Crippen molar-refractivity contribution >= 4 is 35.5 Å². The Morgan fingerprint density at radius 1 is 0.889 bits per heavy atom. The van der Waals surface area contributed by atoms with Gasteiger partial charge in [0.25, 0.3) is 5.91 Å². The van der Waals surface area contributed by atoms with Crippen LogP contribution in [0.3, 0.4) is 0 Å². The molecular formula is C42H71N5O7. The number of primary amides is 1. The number of esters is 1. The first kappa shape index (κ1) is 48.1. The number of amides is 5. The molecule has 0 spiro atoms. The molecule has 1 aliphatic heterocycles. The maximum Gasteiger partial charge on any atom is 0.325 e. The summed E-state index contributed by atoms with van der Waals surface area (Å²) in [5.74, 6) is -2.87. The Bertz CT molecular complexity index is 1280. The summed E-state index contributed by atoms with van der Waals surface area (Å²) in [4.78, 5) is 77.3. The van der Waals surface area contributed by atoms with E-state index < -0.39 is 59.0 Å². The molecule has 4 atom stereocenters. The topological polar surface area (TPSA) is 177 Å². The first-order valence-electron chi connectivity index (χ1n) is 20.3. The van der Waals surface area contributed by atoms with Crippen LogP contribution in [0, 0.1) is 17.3 Å². The lowest BCUT2D eigenvalue weighted by Gasteiger charge is -2.36. The third kappa shape index (κ3) is 18.4. The second-order valence-corrected chi connectivity index (χ2v) is 15.7. The van der Waals surface area contributed by atoms with Crippen LogP contribution >= 0.6 is 0 Å². The van der Waals surface area contributed by atoms with Gasteiger partial charge in [-0.1, -0.05) is 150 Å². The summed E-state index contributed by atoms with van der Waals surface area (Å²) in [6.07, 6.45) is 14.1. The highest BCUT2D eigenvalue weighted by molar-refractivity contribution is 6.35. The minimum atomic E-state index is -1.04. The molecule has 12 nitrogen and oxygen atoms in total. The fourth-order valence-electron chi connectivity index (χ4n) is 6.48. The number of nitrogens with two attached hydrogens (primary N) is 1. The number of hydrogen-bond acceptors (Lipinski definition) is 7. The summed E-state index contributed by atoms with van der Waals surface area (Å²) in [6.45, 7) is 15.6. The maximum atomic E-state index is 13.9. The maximum absolute atomic E-state index is 13.9. The van der Waals surface area contributed by atoms with E-state index in [1.807, 2.05) is 51.1 Å². The first-order valence-corrected chi connectivity index (χ1v) is 20.3. The van der Waals surface area contributed by atoms with E-state index >= 15 is 0 Å². The number of nitrogens with one attached hydrogen (secondary N) is 3. The van der Waals surface area contributed by atoms with E-state index in [0.717, 1.165) is 24.8 Å². The molecule has 4 rings (SSSR count). The number of benzene rings is 1. The van der Waals surface area contributed by atoms with Crippen LogP contribution in [0.2, 0.25) is 0 Å². The Hall–Kier alpha value is -3.96. The molecule has 5 amide bonds. The predicted molar refractivity (Wildman–Crippen MR) is 213 cm³/mol. The monoisotopic (exact) mass is 758 g/mol. The lowest BCUT2D eigenvalue weighted by atomic mass is 9.80. The van der Waals surface area contributed by atoms with E-state index in [0.29, 0.717) is 25.3 Å². The van der Waals surface area contributed by atoms with Crippen molar-refractivity contribution in [2.75, 3.05) is 13.1 Å². The summed E-state index contributed by atoms with van der Waals surface area (Å²) in [5, 5.41) is 8.04. The number of nitrogens with zero attached hydrogens (tertiary/aromatic N) is 1. The van der Waals surface area contributed by atoms with Crippen molar-refractivity contribution in [1.29, 1.82) is 0 Å². The van der Waals surface area contributed by atoms with Gasteiger partial charge in [0.1, 0.15) is 25.2 Å². The molecule has 1 saturated heterocycles. The van der Waals surface area contributed by atoms with Gasteiger partial charge in [0.15, 0.2) is 0 Å². The second kappa shape index (κ2) is 26.0. The van der Waals surface area contributed by atoms with Gasteiger partial charge in [-0.2, -0.15) is 0 Å². The summed E-state index contributed by atoms with van der Waals surface area (Å²) < 4.78 is 5.19. The Balaban J connectivity index is 0.00000115. The van der Waals surface area contributed by atoms with E-state index in [-0.39, 0.29) is 25.5 Å². The SMILES string of the molecule is C1CCCCC1.CC.CC1CC(C(=O)NC(CC(=O)C(N)=O)CC2CCC2)N(C(=O)C(NC(=O)NCC(=O)OCc2ccccc2)C(C)(C)C)C1.CCC. The molecule has 306 valence electrons. The quantitative estimate of drug-likeness (QED) is 0.130. The van der Waals surface area contributed by atoms with Crippen LogP contribution in [0.1, 0.15) is 144 Å². The third-order valence-electron chi connectivity index (χ3n) is 9.52. The number of ether oxygens (including phenoxy) is 1. The lowest BCUT2D eigenvalue weighted by molar-refractivity contribution is -0.143. The van der Waals surface area contributed by atoms with Gasteiger partial charge in [0, 0.05) is 19.0 Å². The smallest absolute Gasteiger partial charge is 0.325 e. The summed E-state index contributed by atoms with van der Waals surface area (Å²) in [6, 6.07) is 6.04. The van der Waals surface area contributed by atoms with E-state index in [2.05, 4.69) is 29.8 Å². The molecule has 5 N–H and O–H groups in total. The Kier molecular flexibility index (Phi) is 23.1. The Morgan fingerprint density at radius 2 is 1.44 bits per heavy atom.